The van der Waals surface area contributed by atoms with Crippen molar-refractivity contribution in [1.82, 2.24) is 30.3 Å². The lowest BCUT2D eigenvalue weighted by atomic mass is 10.1. The minimum atomic E-state index is -2.96. The molecule has 1 aliphatic rings. The van der Waals surface area contributed by atoms with Gasteiger partial charge in [-0.05, 0) is 23.8 Å². The van der Waals surface area contributed by atoms with Crippen molar-refractivity contribution in [2.75, 3.05) is 18.4 Å². The van der Waals surface area contributed by atoms with Gasteiger partial charge in [0.1, 0.15) is 0 Å². The average molecular weight is 425 g/mol. The highest BCUT2D eigenvalue weighted by Crippen LogP contribution is 2.27. The molecule has 0 aliphatic carbocycles. The van der Waals surface area contributed by atoms with E-state index in [2.05, 4.69) is 35.7 Å². The van der Waals surface area contributed by atoms with Crippen molar-refractivity contribution in [3.05, 3.63) is 54.6 Å². The Morgan fingerprint density at radius 3 is 2.77 bits per heavy atom. The van der Waals surface area contributed by atoms with Crippen molar-refractivity contribution in [2.45, 2.75) is 12.7 Å². The van der Waals surface area contributed by atoms with Crippen molar-refractivity contribution in [1.29, 1.82) is 0 Å². The van der Waals surface area contributed by atoms with E-state index >= 15 is 0 Å². The first-order valence-electron chi connectivity index (χ1n) is 9.52. The molecule has 5 rings (SSSR count). The number of carbonyl (C=O) groups excluding carboxylic acids is 1. The van der Waals surface area contributed by atoms with Crippen molar-refractivity contribution < 1.29 is 18.3 Å². The molecule has 1 amide bonds. The number of fused-ring (bicyclic) bond motifs is 1. The van der Waals surface area contributed by atoms with Gasteiger partial charge in [-0.25, -0.2) is 4.98 Å². The number of nitrogens with one attached hydrogen (secondary N) is 3. The first-order valence-corrected chi connectivity index (χ1v) is 9.52. The summed E-state index contributed by atoms with van der Waals surface area (Å²) in [4.78, 5) is 16.5. The van der Waals surface area contributed by atoms with Crippen LogP contribution < -0.4 is 15.4 Å². The molecule has 0 atom stereocenters. The Hall–Kier alpha value is -3.86. The van der Waals surface area contributed by atoms with E-state index in [1.807, 2.05) is 29.1 Å². The zero-order valence-corrected chi connectivity index (χ0v) is 16.0. The van der Waals surface area contributed by atoms with Crippen LogP contribution in [0.2, 0.25) is 0 Å². The first kappa shape index (κ1) is 19.1. The number of benzene rings is 1. The van der Waals surface area contributed by atoms with E-state index in [0.717, 1.165) is 24.2 Å². The largest absolute Gasteiger partial charge is 0.417 e. The van der Waals surface area contributed by atoms with Crippen LogP contribution in [0.25, 0.3) is 22.0 Å². The van der Waals surface area contributed by atoms with Crippen molar-refractivity contribution in [3.8, 4) is 17.0 Å². The molecule has 1 fully saturated rings. The molecule has 158 valence electrons. The molecule has 3 aromatic heterocycles. The number of aromatic amines is 1. The minimum absolute atomic E-state index is 0.209. The van der Waals surface area contributed by atoms with E-state index in [0.29, 0.717) is 22.6 Å². The topological polar surface area (TPSA) is 110 Å². The van der Waals surface area contributed by atoms with Crippen LogP contribution in [0.15, 0.2) is 48.9 Å². The zero-order valence-electron chi connectivity index (χ0n) is 16.0. The second-order valence-corrected chi connectivity index (χ2v) is 7.07. The first-order chi connectivity index (χ1) is 15.1. The molecule has 1 aliphatic heterocycles. The van der Waals surface area contributed by atoms with Crippen molar-refractivity contribution in [2.24, 2.45) is 0 Å². The van der Waals surface area contributed by atoms with Gasteiger partial charge in [0.15, 0.2) is 5.69 Å². The Labute approximate surface area is 174 Å². The maximum Gasteiger partial charge on any atom is 0.388 e. The molecular weight excluding hydrogens is 408 g/mol. The Morgan fingerprint density at radius 1 is 1.19 bits per heavy atom. The van der Waals surface area contributed by atoms with Crippen LogP contribution in [0, 0.1) is 0 Å². The summed E-state index contributed by atoms with van der Waals surface area (Å²) in [6, 6.07) is 8.71. The fraction of sp³-hybridized carbons (Fsp3) is 0.200. The van der Waals surface area contributed by atoms with Crippen molar-refractivity contribution >= 4 is 22.5 Å². The quantitative estimate of drug-likeness (QED) is 0.438. The molecule has 0 unspecified atom stereocenters. The summed E-state index contributed by atoms with van der Waals surface area (Å²) in [7, 11) is 0. The summed E-state index contributed by atoms with van der Waals surface area (Å²) in [6.07, 6.45) is 5.02. The van der Waals surface area contributed by atoms with Gasteiger partial charge in [-0.15, -0.1) is 0 Å². The van der Waals surface area contributed by atoms with E-state index in [4.69, 9.17) is 0 Å². The number of anilines is 1. The van der Waals surface area contributed by atoms with Gasteiger partial charge in [-0.3, -0.25) is 14.6 Å². The second-order valence-electron chi connectivity index (χ2n) is 7.07. The Morgan fingerprint density at radius 2 is 2.06 bits per heavy atom. The van der Waals surface area contributed by atoms with E-state index in [1.165, 1.54) is 18.3 Å². The zero-order chi connectivity index (χ0) is 21.4. The van der Waals surface area contributed by atoms with E-state index in [1.54, 1.807) is 6.20 Å². The number of hydrogen-bond acceptors (Lipinski definition) is 6. The molecule has 4 heterocycles. The monoisotopic (exact) mass is 425 g/mol. The van der Waals surface area contributed by atoms with E-state index in [9.17, 15) is 13.6 Å². The number of nitrogens with zero attached hydrogens (tertiary/aromatic N) is 4. The number of aromatic nitrogens is 5. The van der Waals surface area contributed by atoms with Crippen LogP contribution >= 0.6 is 0 Å². The van der Waals surface area contributed by atoms with Crippen LogP contribution in [-0.2, 0) is 0 Å². The van der Waals surface area contributed by atoms with Gasteiger partial charge < -0.3 is 15.4 Å². The van der Waals surface area contributed by atoms with Gasteiger partial charge >= 0.3 is 6.61 Å². The van der Waals surface area contributed by atoms with Crippen molar-refractivity contribution in [3.63, 3.8) is 0 Å². The predicted molar refractivity (Wildman–Crippen MR) is 108 cm³/mol. The Bertz CT molecular complexity index is 1230. The number of halogens is 2. The third-order valence-electron chi connectivity index (χ3n) is 5.05. The number of pyridine rings is 1. The number of amides is 1. The fourth-order valence-corrected chi connectivity index (χ4v) is 3.32. The highest BCUT2D eigenvalue weighted by atomic mass is 19.3. The van der Waals surface area contributed by atoms with E-state index < -0.39 is 12.5 Å². The van der Waals surface area contributed by atoms with Crippen LogP contribution in [0.1, 0.15) is 16.5 Å². The summed E-state index contributed by atoms with van der Waals surface area (Å²) in [5.74, 6) is -0.690. The smallest absolute Gasteiger partial charge is 0.388 e. The number of carbonyl (C=O) groups is 1. The van der Waals surface area contributed by atoms with Gasteiger partial charge in [0.2, 0.25) is 5.88 Å². The summed E-state index contributed by atoms with van der Waals surface area (Å²) >= 11 is 0. The van der Waals surface area contributed by atoms with Gasteiger partial charge in [0.05, 0.1) is 29.6 Å². The van der Waals surface area contributed by atoms with E-state index in [-0.39, 0.29) is 11.6 Å². The van der Waals surface area contributed by atoms with Crippen LogP contribution in [0.5, 0.6) is 5.88 Å². The van der Waals surface area contributed by atoms with Gasteiger partial charge in [-0.2, -0.15) is 19.0 Å². The predicted octanol–water partition coefficient (Wildman–Crippen LogP) is 2.82. The van der Waals surface area contributed by atoms with Crippen LogP contribution in [0.3, 0.4) is 0 Å². The van der Waals surface area contributed by atoms with Gasteiger partial charge in [0, 0.05) is 36.3 Å². The summed E-state index contributed by atoms with van der Waals surface area (Å²) in [5, 5.41) is 17.9. The Kier molecular flexibility index (Phi) is 4.79. The average Bonchev–Trinajstić information content (AvgIpc) is 3.34. The lowest BCUT2D eigenvalue weighted by Crippen LogP contribution is -2.43. The fourth-order valence-electron chi connectivity index (χ4n) is 3.32. The molecule has 9 nitrogen and oxygen atoms in total. The maximum absolute atomic E-state index is 12.7. The highest BCUT2D eigenvalue weighted by molar-refractivity contribution is 6.11. The molecule has 1 aromatic carbocycles. The number of ether oxygens (including phenoxy) is 1. The lowest BCUT2D eigenvalue weighted by Gasteiger charge is -2.27. The number of H-pyrrole nitrogens is 1. The van der Waals surface area contributed by atoms with Crippen LogP contribution in [0.4, 0.5) is 14.5 Å². The maximum atomic E-state index is 12.7. The SMILES string of the molecule is O=C(Nc1ccc(OC(F)F)nc1)c1n[nH]c2ccc(-c3cnn(C4CNC4)c3)cc12. The second kappa shape index (κ2) is 7.76. The van der Waals surface area contributed by atoms with Gasteiger partial charge in [0.25, 0.3) is 5.91 Å². The minimum Gasteiger partial charge on any atom is -0.417 e. The third-order valence-corrected chi connectivity index (χ3v) is 5.05. The summed E-state index contributed by atoms with van der Waals surface area (Å²) in [5.41, 5.74) is 3.11. The third kappa shape index (κ3) is 3.82. The number of hydrogen-bond donors (Lipinski definition) is 3. The lowest BCUT2D eigenvalue weighted by molar-refractivity contribution is -0.0528. The summed E-state index contributed by atoms with van der Waals surface area (Å²) < 4.78 is 30.6. The number of rotatable bonds is 6. The van der Waals surface area contributed by atoms with Crippen LogP contribution in [-0.4, -0.2) is 50.6 Å². The standard InChI is InChI=1S/C20H17F2N7O2/c21-20(22)31-17-4-2-13(7-24-17)26-19(30)18-15-5-11(1-3-16(15)27-28-18)12-6-25-29(10-12)14-8-23-9-14/h1-7,10,14,20,23H,8-9H2,(H,26,30)(H,27,28). The highest BCUT2D eigenvalue weighted by Gasteiger charge is 2.20. The molecule has 0 radical (unpaired) electrons. The molecule has 11 heteroatoms. The number of alkyl halides is 2. The van der Waals surface area contributed by atoms with Gasteiger partial charge in [-0.1, -0.05) is 6.07 Å². The summed E-state index contributed by atoms with van der Waals surface area (Å²) in [6.45, 7) is -1.16. The molecule has 0 bridgehead atoms. The Balaban J connectivity index is 1.37. The molecule has 4 aromatic rings. The molecular formula is C20H17F2N7O2. The molecule has 0 spiro atoms. The molecule has 0 saturated carbocycles. The molecule has 1 saturated heterocycles. The molecule has 31 heavy (non-hydrogen) atoms. The normalized spacial score (nSPS) is 14.0. The molecule has 3 N–H and O–H groups in total.